The number of carboxylic acid groups (broad SMARTS) is 1. The Labute approximate surface area is 121 Å². The SMILES string of the molecule is O=C(O)c1cc(Cl)nc(Oc2ccc([N+](=O)[O-])cc2F)c1. The maximum Gasteiger partial charge on any atom is 0.335 e. The minimum Gasteiger partial charge on any atom is -0.478 e. The number of carbonyl (C=O) groups is 1. The summed E-state index contributed by atoms with van der Waals surface area (Å²) in [6, 6.07) is 4.91. The second-order valence-electron chi connectivity index (χ2n) is 3.80. The van der Waals surface area contributed by atoms with E-state index >= 15 is 0 Å². The summed E-state index contributed by atoms with van der Waals surface area (Å²) in [4.78, 5) is 24.3. The fraction of sp³-hybridized carbons (Fsp3) is 0. The van der Waals surface area contributed by atoms with E-state index in [0.29, 0.717) is 6.07 Å². The van der Waals surface area contributed by atoms with Crippen LogP contribution in [0.15, 0.2) is 30.3 Å². The highest BCUT2D eigenvalue weighted by atomic mass is 35.5. The molecule has 0 radical (unpaired) electrons. The summed E-state index contributed by atoms with van der Waals surface area (Å²) >= 11 is 5.63. The van der Waals surface area contributed by atoms with Crippen molar-refractivity contribution in [2.45, 2.75) is 0 Å². The fourth-order valence-electron chi connectivity index (χ4n) is 1.45. The first-order chi connectivity index (χ1) is 9.86. The summed E-state index contributed by atoms with van der Waals surface area (Å²) in [5, 5.41) is 19.2. The van der Waals surface area contributed by atoms with Crippen LogP contribution in [0.3, 0.4) is 0 Å². The predicted octanol–water partition coefficient (Wildman–Crippen LogP) is 3.27. The average molecular weight is 313 g/mol. The Hall–Kier alpha value is -2.74. The fourth-order valence-corrected chi connectivity index (χ4v) is 1.65. The second kappa shape index (κ2) is 5.71. The Morgan fingerprint density at radius 1 is 1.38 bits per heavy atom. The molecule has 1 aromatic carbocycles. The lowest BCUT2D eigenvalue weighted by Crippen LogP contribution is -1.99. The van der Waals surface area contributed by atoms with Crippen molar-refractivity contribution in [3.05, 3.63) is 57.0 Å². The van der Waals surface area contributed by atoms with Crippen molar-refractivity contribution in [1.82, 2.24) is 4.98 Å². The van der Waals surface area contributed by atoms with E-state index in [2.05, 4.69) is 4.98 Å². The van der Waals surface area contributed by atoms with E-state index in [1.165, 1.54) is 0 Å². The first-order valence-corrected chi connectivity index (χ1v) is 5.77. The van der Waals surface area contributed by atoms with Crippen LogP contribution in [0, 0.1) is 15.9 Å². The lowest BCUT2D eigenvalue weighted by atomic mass is 10.2. The molecule has 0 aliphatic heterocycles. The summed E-state index contributed by atoms with van der Waals surface area (Å²) < 4.78 is 18.7. The third-order valence-electron chi connectivity index (χ3n) is 2.36. The van der Waals surface area contributed by atoms with E-state index in [9.17, 15) is 19.3 Å². The molecule has 0 unspecified atom stereocenters. The molecule has 9 heteroatoms. The molecule has 0 saturated heterocycles. The number of hydrogen-bond donors (Lipinski definition) is 1. The molecule has 0 spiro atoms. The molecule has 1 N–H and O–H groups in total. The molecule has 0 aliphatic rings. The van der Waals surface area contributed by atoms with Gasteiger partial charge in [0.15, 0.2) is 11.6 Å². The van der Waals surface area contributed by atoms with E-state index in [1.54, 1.807) is 0 Å². The number of nitrogens with zero attached hydrogens (tertiary/aromatic N) is 2. The number of hydrogen-bond acceptors (Lipinski definition) is 5. The van der Waals surface area contributed by atoms with Gasteiger partial charge in [0.1, 0.15) is 5.15 Å². The summed E-state index contributed by atoms with van der Waals surface area (Å²) in [5.74, 6) is -2.82. The van der Waals surface area contributed by atoms with Gasteiger partial charge in [-0.15, -0.1) is 0 Å². The monoisotopic (exact) mass is 312 g/mol. The predicted molar refractivity (Wildman–Crippen MR) is 69.3 cm³/mol. The summed E-state index contributed by atoms with van der Waals surface area (Å²) in [6.07, 6.45) is 0. The molecule has 0 bridgehead atoms. The molecule has 1 aromatic heterocycles. The first-order valence-electron chi connectivity index (χ1n) is 5.39. The molecular formula is C12H6ClFN2O5. The van der Waals surface area contributed by atoms with Gasteiger partial charge in [-0.05, 0) is 12.1 Å². The summed E-state index contributed by atoms with van der Waals surface area (Å²) in [5.41, 5.74) is -0.627. The number of aromatic carboxylic acids is 1. The zero-order valence-electron chi connectivity index (χ0n) is 10.1. The number of ether oxygens (including phenoxy) is 1. The van der Waals surface area contributed by atoms with Crippen LogP contribution in [0.5, 0.6) is 11.6 Å². The van der Waals surface area contributed by atoms with Crippen LogP contribution < -0.4 is 4.74 Å². The van der Waals surface area contributed by atoms with Crippen LogP contribution in [0.4, 0.5) is 10.1 Å². The van der Waals surface area contributed by atoms with E-state index in [4.69, 9.17) is 21.4 Å². The van der Waals surface area contributed by atoms with Crippen LogP contribution >= 0.6 is 11.6 Å². The van der Waals surface area contributed by atoms with Crippen molar-refractivity contribution in [2.24, 2.45) is 0 Å². The van der Waals surface area contributed by atoms with Gasteiger partial charge in [-0.1, -0.05) is 11.6 Å². The molecule has 0 aliphatic carbocycles. The van der Waals surface area contributed by atoms with Gasteiger partial charge in [0, 0.05) is 12.1 Å². The van der Waals surface area contributed by atoms with Crippen molar-refractivity contribution in [3.63, 3.8) is 0 Å². The molecule has 0 saturated carbocycles. The smallest absolute Gasteiger partial charge is 0.335 e. The molecule has 21 heavy (non-hydrogen) atoms. The standard InChI is InChI=1S/C12H6ClFN2O5/c13-10-3-6(12(17)18)4-11(15-10)21-9-2-1-7(16(19)20)5-8(9)14/h1-5H,(H,17,18). The average Bonchev–Trinajstić information content (AvgIpc) is 2.40. The number of aromatic nitrogens is 1. The van der Waals surface area contributed by atoms with Gasteiger partial charge >= 0.3 is 5.97 Å². The van der Waals surface area contributed by atoms with E-state index in [1.807, 2.05) is 0 Å². The molecule has 1 heterocycles. The van der Waals surface area contributed by atoms with Crippen LogP contribution in [0.2, 0.25) is 5.15 Å². The van der Waals surface area contributed by atoms with Gasteiger partial charge in [0.05, 0.1) is 16.6 Å². The minimum atomic E-state index is -1.26. The Balaban J connectivity index is 2.34. The zero-order chi connectivity index (χ0) is 15.6. The number of pyridine rings is 1. The highest BCUT2D eigenvalue weighted by molar-refractivity contribution is 6.29. The molecule has 2 aromatic rings. The van der Waals surface area contributed by atoms with Crippen molar-refractivity contribution in [2.75, 3.05) is 0 Å². The van der Waals surface area contributed by atoms with Crippen LogP contribution in [0.1, 0.15) is 10.4 Å². The lowest BCUT2D eigenvalue weighted by Gasteiger charge is -2.07. The second-order valence-corrected chi connectivity index (χ2v) is 4.18. The molecule has 2 rings (SSSR count). The maximum atomic E-state index is 13.6. The maximum absolute atomic E-state index is 13.6. The van der Waals surface area contributed by atoms with Gasteiger partial charge < -0.3 is 9.84 Å². The van der Waals surface area contributed by atoms with Gasteiger partial charge in [-0.25, -0.2) is 14.2 Å². The van der Waals surface area contributed by atoms with Crippen molar-refractivity contribution >= 4 is 23.3 Å². The highest BCUT2D eigenvalue weighted by Crippen LogP contribution is 2.27. The number of rotatable bonds is 4. The number of nitro benzene ring substituents is 1. The number of benzene rings is 1. The van der Waals surface area contributed by atoms with Crippen LogP contribution in [-0.2, 0) is 0 Å². The quantitative estimate of drug-likeness (QED) is 0.528. The lowest BCUT2D eigenvalue weighted by molar-refractivity contribution is -0.385. The summed E-state index contributed by atoms with van der Waals surface area (Å²) in [7, 11) is 0. The molecule has 0 fully saturated rings. The van der Waals surface area contributed by atoms with Gasteiger partial charge in [0.2, 0.25) is 5.88 Å². The third-order valence-corrected chi connectivity index (χ3v) is 2.55. The first kappa shape index (κ1) is 14.7. The summed E-state index contributed by atoms with van der Waals surface area (Å²) in [6.45, 7) is 0. The topological polar surface area (TPSA) is 103 Å². The zero-order valence-corrected chi connectivity index (χ0v) is 10.9. The Morgan fingerprint density at radius 2 is 2.10 bits per heavy atom. The normalized spacial score (nSPS) is 10.2. The Bertz CT molecular complexity index is 738. The molecule has 0 amide bonds. The number of nitro groups is 1. The number of halogens is 2. The van der Waals surface area contributed by atoms with Crippen LogP contribution in [0.25, 0.3) is 0 Å². The molecule has 0 atom stereocenters. The van der Waals surface area contributed by atoms with E-state index in [-0.39, 0.29) is 22.3 Å². The van der Waals surface area contributed by atoms with E-state index in [0.717, 1.165) is 24.3 Å². The van der Waals surface area contributed by atoms with Gasteiger partial charge in [-0.3, -0.25) is 10.1 Å². The van der Waals surface area contributed by atoms with E-state index < -0.39 is 22.4 Å². The Kier molecular flexibility index (Phi) is 3.99. The molecular weight excluding hydrogens is 307 g/mol. The number of non-ortho nitro benzene ring substituents is 1. The van der Waals surface area contributed by atoms with Crippen molar-refractivity contribution in [1.29, 1.82) is 0 Å². The minimum absolute atomic E-state index is 0.146. The van der Waals surface area contributed by atoms with Crippen molar-refractivity contribution < 1.29 is 24.0 Å². The largest absolute Gasteiger partial charge is 0.478 e. The van der Waals surface area contributed by atoms with Gasteiger partial charge in [-0.2, -0.15) is 0 Å². The highest BCUT2D eigenvalue weighted by Gasteiger charge is 2.14. The molecule has 7 nitrogen and oxygen atoms in total. The molecule has 108 valence electrons. The van der Waals surface area contributed by atoms with Crippen LogP contribution in [-0.4, -0.2) is 21.0 Å². The number of carboxylic acids is 1. The van der Waals surface area contributed by atoms with Crippen molar-refractivity contribution in [3.8, 4) is 11.6 Å². The third kappa shape index (κ3) is 3.42. The Morgan fingerprint density at radius 3 is 2.67 bits per heavy atom. The van der Waals surface area contributed by atoms with Gasteiger partial charge in [0.25, 0.3) is 5.69 Å².